The van der Waals surface area contributed by atoms with E-state index in [0.29, 0.717) is 22.9 Å². The van der Waals surface area contributed by atoms with E-state index in [2.05, 4.69) is 24.3 Å². The predicted molar refractivity (Wildman–Crippen MR) is 196 cm³/mol. The van der Waals surface area contributed by atoms with E-state index < -0.39 is 6.29 Å². The number of carbonyl (C=O) groups is 4. The SMILES string of the molecule is CC=CC1CC(C=CC)C2C(=O)N(c3ccc(OCCOC(C)Oc4ccc(N5C(=O)C6C(C=CC)CC(C=CC)C6C5=O)cc4)cc3)C(=O)C12. The zero-order chi connectivity index (χ0) is 36.2. The van der Waals surface area contributed by atoms with Crippen LogP contribution in [0, 0.1) is 47.3 Å². The third kappa shape index (κ3) is 6.96. The van der Waals surface area contributed by atoms with Crippen molar-refractivity contribution in [3.8, 4) is 11.5 Å². The second kappa shape index (κ2) is 15.6. The molecule has 51 heavy (non-hydrogen) atoms. The lowest BCUT2D eigenvalue weighted by molar-refractivity contribution is -0.124. The van der Waals surface area contributed by atoms with Crippen molar-refractivity contribution in [1.82, 2.24) is 0 Å². The standard InChI is InChI=1S/C42H48N2O7/c1-6-10-27-24-28(11-7-2)36-35(27)39(45)43(40(36)46)31-14-18-33(19-15-31)50-23-22-49-26(5)51-34-20-16-32(17-21-34)44-41(47)37-29(12-8-3)25-30(13-9-4)38(37)42(44)48/h6-21,26-30,35-38H,22-25H2,1-5H3. The second-order valence-corrected chi connectivity index (χ2v) is 13.7. The molecule has 0 spiro atoms. The molecular weight excluding hydrogens is 644 g/mol. The lowest BCUT2D eigenvalue weighted by Gasteiger charge is -2.20. The molecule has 2 aromatic carbocycles. The van der Waals surface area contributed by atoms with Crippen molar-refractivity contribution in [2.24, 2.45) is 47.3 Å². The maximum absolute atomic E-state index is 13.5. The van der Waals surface area contributed by atoms with Crippen LogP contribution in [0.3, 0.4) is 0 Å². The minimum absolute atomic E-state index is 0.0471. The fourth-order valence-corrected chi connectivity index (χ4v) is 8.70. The van der Waals surface area contributed by atoms with E-state index in [1.54, 1.807) is 55.5 Å². The highest BCUT2D eigenvalue weighted by Crippen LogP contribution is 2.51. The molecule has 9 nitrogen and oxygen atoms in total. The van der Waals surface area contributed by atoms with E-state index in [4.69, 9.17) is 14.2 Å². The van der Waals surface area contributed by atoms with Crippen molar-refractivity contribution >= 4 is 35.0 Å². The van der Waals surface area contributed by atoms with Crippen LogP contribution in [0.1, 0.15) is 47.5 Å². The van der Waals surface area contributed by atoms with Crippen molar-refractivity contribution in [2.45, 2.75) is 53.8 Å². The number of amides is 4. The topological polar surface area (TPSA) is 102 Å². The Morgan fingerprint density at radius 1 is 0.569 bits per heavy atom. The minimum Gasteiger partial charge on any atom is -0.491 e. The summed E-state index contributed by atoms with van der Waals surface area (Å²) in [7, 11) is 0. The van der Waals surface area contributed by atoms with Crippen molar-refractivity contribution in [2.75, 3.05) is 23.0 Å². The summed E-state index contributed by atoms with van der Waals surface area (Å²) >= 11 is 0. The van der Waals surface area contributed by atoms with Gasteiger partial charge in [-0.05, 0) is 120 Å². The molecular formula is C42H48N2O7. The molecule has 6 rings (SSSR count). The van der Waals surface area contributed by atoms with Crippen molar-refractivity contribution < 1.29 is 33.4 Å². The van der Waals surface area contributed by atoms with E-state index in [1.807, 2.05) is 52.0 Å². The van der Waals surface area contributed by atoms with Gasteiger partial charge in [-0.25, -0.2) is 0 Å². The van der Waals surface area contributed by atoms with Crippen molar-refractivity contribution in [3.63, 3.8) is 0 Å². The van der Waals surface area contributed by atoms with E-state index in [0.717, 1.165) is 12.8 Å². The molecule has 2 aliphatic carbocycles. The lowest BCUT2D eigenvalue weighted by atomic mass is 9.89. The average molecular weight is 693 g/mol. The summed E-state index contributed by atoms with van der Waals surface area (Å²) in [6, 6.07) is 13.9. The van der Waals surface area contributed by atoms with E-state index in [9.17, 15) is 19.2 Å². The summed E-state index contributed by atoms with van der Waals surface area (Å²) in [5.74, 6) is -0.582. The van der Waals surface area contributed by atoms with Gasteiger partial charge in [-0.15, -0.1) is 0 Å². The second-order valence-electron chi connectivity index (χ2n) is 13.7. The van der Waals surface area contributed by atoms with Crippen LogP contribution in [-0.2, 0) is 23.9 Å². The lowest BCUT2D eigenvalue weighted by Crippen LogP contribution is -2.33. The van der Waals surface area contributed by atoms with Gasteiger partial charge in [-0.1, -0.05) is 48.6 Å². The molecule has 2 saturated heterocycles. The molecule has 4 fully saturated rings. The minimum atomic E-state index is -0.580. The molecule has 0 radical (unpaired) electrons. The van der Waals surface area contributed by atoms with Gasteiger partial charge in [0, 0.05) is 0 Å². The van der Waals surface area contributed by atoms with E-state index in [1.165, 1.54) is 9.80 Å². The Hall–Kier alpha value is -4.76. The molecule has 0 aromatic heterocycles. The number of anilines is 2. The van der Waals surface area contributed by atoms with Crippen LogP contribution >= 0.6 is 0 Å². The number of fused-ring (bicyclic) bond motifs is 2. The Kier molecular flexibility index (Phi) is 11.1. The molecule has 9 atom stereocenters. The smallest absolute Gasteiger partial charge is 0.238 e. The number of benzene rings is 2. The first-order valence-electron chi connectivity index (χ1n) is 18.1. The third-order valence-electron chi connectivity index (χ3n) is 10.7. The first-order chi connectivity index (χ1) is 24.7. The number of nitrogens with zero attached hydrogens (tertiary/aromatic N) is 2. The van der Waals surface area contributed by atoms with Gasteiger partial charge >= 0.3 is 0 Å². The quantitative estimate of drug-likeness (QED) is 0.0940. The molecule has 2 aliphatic heterocycles. The summed E-state index contributed by atoms with van der Waals surface area (Å²) < 4.78 is 17.6. The number of carbonyl (C=O) groups excluding carboxylic acids is 4. The number of hydrogen-bond donors (Lipinski definition) is 0. The van der Waals surface area contributed by atoms with Crippen LogP contribution in [0.4, 0.5) is 11.4 Å². The van der Waals surface area contributed by atoms with Gasteiger partial charge in [-0.3, -0.25) is 29.0 Å². The summed E-state index contributed by atoms with van der Waals surface area (Å²) in [4.78, 5) is 56.6. The van der Waals surface area contributed by atoms with E-state index in [-0.39, 0.29) is 84.2 Å². The zero-order valence-corrected chi connectivity index (χ0v) is 30.0. The van der Waals surface area contributed by atoms with Crippen LogP contribution in [0.2, 0.25) is 0 Å². The fourth-order valence-electron chi connectivity index (χ4n) is 8.70. The Bertz CT molecular complexity index is 1650. The first kappa shape index (κ1) is 36.0. The van der Waals surface area contributed by atoms with Crippen LogP contribution in [-0.4, -0.2) is 43.1 Å². The van der Waals surface area contributed by atoms with Gasteiger partial charge in [-0.2, -0.15) is 0 Å². The number of ether oxygens (including phenoxy) is 3. The highest BCUT2D eigenvalue weighted by molar-refractivity contribution is 6.23. The van der Waals surface area contributed by atoms with Crippen LogP contribution in [0.15, 0.2) is 97.1 Å². The maximum Gasteiger partial charge on any atom is 0.238 e. The Morgan fingerprint density at radius 3 is 1.27 bits per heavy atom. The Balaban J connectivity index is 0.985. The molecule has 2 saturated carbocycles. The van der Waals surface area contributed by atoms with Gasteiger partial charge in [0.1, 0.15) is 18.1 Å². The average Bonchev–Trinajstić information content (AvgIpc) is 3.81. The summed E-state index contributed by atoms with van der Waals surface area (Å²) in [6.07, 6.45) is 17.1. The third-order valence-corrected chi connectivity index (χ3v) is 10.7. The van der Waals surface area contributed by atoms with Gasteiger partial charge in [0.2, 0.25) is 23.6 Å². The van der Waals surface area contributed by atoms with Crippen molar-refractivity contribution in [3.05, 3.63) is 97.1 Å². The van der Waals surface area contributed by atoms with Crippen LogP contribution in [0.5, 0.6) is 11.5 Å². The Morgan fingerprint density at radius 2 is 0.922 bits per heavy atom. The van der Waals surface area contributed by atoms with Gasteiger partial charge < -0.3 is 14.2 Å². The van der Waals surface area contributed by atoms with Crippen LogP contribution in [0.25, 0.3) is 0 Å². The van der Waals surface area contributed by atoms with Gasteiger partial charge in [0.25, 0.3) is 0 Å². The normalized spacial score (nSPS) is 29.8. The maximum atomic E-state index is 13.5. The molecule has 0 N–H and O–H groups in total. The summed E-state index contributed by atoms with van der Waals surface area (Å²) in [6.45, 7) is 10.1. The first-order valence-corrected chi connectivity index (χ1v) is 18.1. The number of hydrogen-bond acceptors (Lipinski definition) is 7. The van der Waals surface area contributed by atoms with Crippen molar-refractivity contribution in [1.29, 1.82) is 0 Å². The summed E-state index contributed by atoms with van der Waals surface area (Å²) in [5.41, 5.74) is 1.08. The van der Waals surface area contributed by atoms with Gasteiger partial charge in [0.15, 0.2) is 6.29 Å². The molecule has 9 heteroatoms. The molecule has 0 bridgehead atoms. The molecule has 9 unspecified atom stereocenters. The number of imide groups is 2. The Labute approximate surface area is 300 Å². The van der Waals surface area contributed by atoms with E-state index >= 15 is 0 Å². The molecule has 4 amide bonds. The fraction of sp³-hybridized carbons (Fsp3) is 0.429. The highest BCUT2D eigenvalue weighted by Gasteiger charge is 2.58. The molecule has 4 aliphatic rings. The highest BCUT2D eigenvalue weighted by atomic mass is 16.7. The molecule has 268 valence electrons. The molecule has 2 heterocycles. The summed E-state index contributed by atoms with van der Waals surface area (Å²) in [5, 5.41) is 0. The number of allylic oxidation sites excluding steroid dienone is 8. The predicted octanol–water partition coefficient (Wildman–Crippen LogP) is 7.29. The zero-order valence-electron chi connectivity index (χ0n) is 30.0. The monoisotopic (exact) mass is 692 g/mol. The van der Waals surface area contributed by atoms with Gasteiger partial charge in [0.05, 0.1) is 41.7 Å². The largest absolute Gasteiger partial charge is 0.491 e. The number of rotatable bonds is 13. The molecule has 2 aromatic rings. The van der Waals surface area contributed by atoms with Crippen LogP contribution < -0.4 is 19.3 Å².